The number of rotatable bonds is 7. The second kappa shape index (κ2) is 11.1. The van der Waals surface area contributed by atoms with E-state index in [1.54, 1.807) is 12.3 Å². The lowest BCUT2D eigenvalue weighted by molar-refractivity contribution is -0.130. The number of carbonyl (C=O) groups is 1. The average molecular weight is 461 g/mol. The topological polar surface area (TPSA) is 61.9 Å². The predicted molar refractivity (Wildman–Crippen MR) is 133 cm³/mol. The van der Waals surface area contributed by atoms with Gasteiger partial charge in [-0.3, -0.25) is 4.79 Å². The Labute approximate surface area is 195 Å². The van der Waals surface area contributed by atoms with Gasteiger partial charge in [0, 0.05) is 47.7 Å². The number of nitrogens with two attached hydrogens (primary N) is 1. The number of aliphatic imine (C=N–C) groups is 1. The molecule has 0 bridgehead atoms. The van der Waals surface area contributed by atoms with E-state index in [1.165, 1.54) is 6.42 Å². The Morgan fingerprint density at radius 1 is 1.32 bits per heavy atom. The van der Waals surface area contributed by atoms with Crippen LogP contribution in [0, 0.1) is 0 Å². The minimum atomic E-state index is -0.102. The van der Waals surface area contributed by atoms with Crippen LogP contribution in [0.3, 0.4) is 0 Å². The molecule has 2 aliphatic rings. The molecule has 0 spiro atoms. The van der Waals surface area contributed by atoms with Crippen molar-refractivity contribution >= 4 is 41.2 Å². The first kappa shape index (κ1) is 23.7. The number of hydrogen-bond acceptors (Lipinski definition) is 5. The molecule has 5 nitrogen and oxygen atoms in total. The van der Waals surface area contributed by atoms with Crippen molar-refractivity contribution in [3.63, 3.8) is 0 Å². The summed E-state index contributed by atoms with van der Waals surface area (Å²) in [5.41, 5.74) is 7.92. The highest BCUT2D eigenvalue weighted by atomic mass is 35.5. The van der Waals surface area contributed by atoms with Crippen LogP contribution in [-0.2, 0) is 4.79 Å². The molecule has 31 heavy (non-hydrogen) atoms. The number of likely N-dealkylation sites (tertiary alicyclic amines) is 1. The zero-order chi connectivity index (χ0) is 22.4. The predicted octanol–water partition coefficient (Wildman–Crippen LogP) is 4.78. The molecule has 0 saturated carbocycles. The van der Waals surface area contributed by atoms with Gasteiger partial charge in [-0.25, -0.2) is 4.99 Å². The van der Waals surface area contributed by atoms with Gasteiger partial charge in [0.25, 0.3) is 5.91 Å². The number of carbonyl (C=O) groups excluding carboxylic acids is 1. The second-order valence-electron chi connectivity index (χ2n) is 8.35. The molecule has 1 amide bonds. The first-order valence-corrected chi connectivity index (χ1v) is 12.6. The standard InChI is InChI=1S/C24H33ClN4OS/c1-17(2)29(19-11-14-31-16-19)24(30)21(23(26)20-9-5-6-10-22(20)25)15-27-18(3)28-12-7-4-8-13-28/h5-6,9-10,15,17,19H,3-4,7-8,11-14,16,26H2,1-2H3/b23-21+,27-15-. The lowest BCUT2D eigenvalue weighted by Gasteiger charge is -2.33. The maximum Gasteiger partial charge on any atom is 0.258 e. The molecule has 2 N–H and O–H groups in total. The Morgan fingerprint density at radius 3 is 2.65 bits per heavy atom. The molecule has 2 saturated heterocycles. The summed E-state index contributed by atoms with van der Waals surface area (Å²) in [7, 11) is 0. The summed E-state index contributed by atoms with van der Waals surface area (Å²) in [6, 6.07) is 7.60. The van der Waals surface area contributed by atoms with Crippen LogP contribution in [0.25, 0.3) is 5.70 Å². The quantitative estimate of drug-likeness (QED) is 0.469. The van der Waals surface area contributed by atoms with Gasteiger partial charge >= 0.3 is 0 Å². The number of benzene rings is 1. The third kappa shape index (κ3) is 5.86. The van der Waals surface area contributed by atoms with Gasteiger partial charge in [0.15, 0.2) is 0 Å². The molecule has 1 aromatic rings. The van der Waals surface area contributed by atoms with Crippen LogP contribution in [0.2, 0.25) is 5.02 Å². The van der Waals surface area contributed by atoms with Crippen LogP contribution >= 0.6 is 23.4 Å². The van der Waals surface area contributed by atoms with Crippen LogP contribution in [0.5, 0.6) is 0 Å². The third-order valence-corrected chi connectivity index (χ3v) is 7.31. The zero-order valence-electron chi connectivity index (χ0n) is 18.5. The van der Waals surface area contributed by atoms with E-state index >= 15 is 0 Å². The van der Waals surface area contributed by atoms with Crippen molar-refractivity contribution in [1.29, 1.82) is 0 Å². The van der Waals surface area contributed by atoms with Gasteiger partial charge in [-0.15, -0.1) is 0 Å². The van der Waals surface area contributed by atoms with Crippen molar-refractivity contribution in [2.75, 3.05) is 24.6 Å². The number of hydrogen-bond donors (Lipinski definition) is 1. The molecule has 2 fully saturated rings. The summed E-state index contributed by atoms with van der Waals surface area (Å²) in [5, 5.41) is 0.515. The lowest BCUT2D eigenvalue weighted by atomic mass is 10.0. The highest BCUT2D eigenvalue weighted by Gasteiger charge is 2.31. The largest absolute Gasteiger partial charge is 0.398 e. The van der Waals surface area contributed by atoms with Crippen LogP contribution in [0.4, 0.5) is 0 Å². The highest BCUT2D eigenvalue weighted by Crippen LogP contribution is 2.28. The van der Waals surface area contributed by atoms with E-state index < -0.39 is 0 Å². The molecule has 1 unspecified atom stereocenters. The monoisotopic (exact) mass is 460 g/mol. The molecule has 2 heterocycles. The van der Waals surface area contributed by atoms with Gasteiger partial charge < -0.3 is 15.5 Å². The Kier molecular flexibility index (Phi) is 8.50. The Balaban J connectivity index is 1.98. The molecule has 0 radical (unpaired) electrons. The van der Waals surface area contributed by atoms with Crippen molar-refractivity contribution in [1.82, 2.24) is 9.80 Å². The molecule has 0 aromatic heterocycles. The Morgan fingerprint density at radius 2 is 2.03 bits per heavy atom. The average Bonchev–Trinajstić information content (AvgIpc) is 3.28. The SMILES string of the molecule is C=C(/N=C\C(C(=O)N(C(C)C)C1CCSC1)=C(/N)c1ccccc1Cl)N1CCCCC1. The van der Waals surface area contributed by atoms with Crippen molar-refractivity contribution in [2.45, 2.75) is 51.6 Å². The fraction of sp³-hybridized carbons (Fsp3) is 0.500. The number of piperidine rings is 1. The maximum atomic E-state index is 13.8. The molecule has 2 aliphatic heterocycles. The van der Waals surface area contributed by atoms with E-state index in [4.69, 9.17) is 17.3 Å². The van der Waals surface area contributed by atoms with Crippen LogP contribution in [0.15, 0.2) is 47.2 Å². The van der Waals surface area contributed by atoms with Crippen molar-refractivity contribution in [2.24, 2.45) is 10.7 Å². The molecule has 3 rings (SSSR count). The third-order valence-electron chi connectivity index (χ3n) is 5.84. The number of nitrogens with zero attached hydrogens (tertiary/aromatic N) is 3. The Bertz CT molecular complexity index is 855. The zero-order valence-corrected chi connectivity index (χ0v) is 20.1. The van der Waals surface area contributed by atoms with E-state index in [2.05, 4.69) is 16.5 Å². The normalized spacial score (nSPS) is 20.3. The first-order chi connectivity index (χ1) is 14.9. The summed E-state index contributed by atoms with van der Waals surface area (Å²) < 4.78 is 0. The van der Waals surface area contributed by atoms with Crippen molar-refractivity contribution in [3.8, 4) is 0 Å². The minimum Gasteiger partial charge on any atom is -0.398 e. The van der Waals surface area contributed by atoms with Gasteiger partial charge in [0.2, 0.25) is 0 Å². The van der Waals surface area contributed by atoms with Crippen LogP contribution < -0.4 is 5.73 Å². The smallest absolute Gasteiger partial charge is 0.258 e. The van der Waals surface area contributed by atoms with Crippen LogP contribution in [-0.4, -0.2) is 58.6 Å². The van der Waals surface area contributed by atoms with Crippen LogP contribution in [0.1, 0.15) is 45.1 Å². The van der Waals surface area contributed by atoms with Gasteiger partial charge in [-0.05, 0) is 51.3 Å². The molecule has 0 aliphatic carbocycles. The van der Waals surface area contributed by atoms with E-state index in [0.717, 1.165) is 43.9 Å². The molecular weight excluding hydrogens is 428 g/mol. The summed E-state index contributed by atoms with van der Waals surface area (Å²) in [5.74, 6) is 2.58. The van der Waals surface area contributed by atoms with E-state index in [0.29, 0.717) is 27.7 Å². The van der Waals surface area contributed by atoms with Gasteiger partial charge in [-0.2, -0.15) is 11.8 Å². The minimum absolute atomic E-state index is 0.0592. The number of amides is 1. The van der Waals surface area contributed by atoms with Gasteiger partial charge in [-0.1, -0.05) is 36.4 Å². The summed E-state index contributed by atoms with van der Waals surface area (Å²) >= 11 is 8.29. The Hall–Kier alpha value is -1.92. The molecule has 168 valence electrons. The van der Waals surface area contributed by atoms with E-state index in [-0.39, 0.29) is 18.0 Å². The first-order valence-electron chi connectivity index (χ1n) is 11.0. The number of thioether (sulfide) groups is 1. The molecule has 1 aromatic carbocycles. The summed E-state index contributed by atoms with van der Waals surface area (Å²) in [6.07, 6.45) is 6.09. The second-order valence-corrected chi connectivity index (χ2v) is 9.91. The van der Waals surface area contributed by atoms with Crippen molar-refractivity contribution in [3.05, 3.63) is 52.8 Å². The van der Waals surface area contributed by atoms with Gasteiger partial charge in [0.1, 0.15) is 5.82 Å². The van der Waals surface area contributed by atoms with Crippen molar-refractivity contribution < 1.29 is 4.79 Å². The van der Waals surface area contributed by atoms with E-state index in [9.17, 15) is 4.79 Å². The summed E-state index contributed by atoms with van der Waals surface area (Å²) in [6.45, 7) is 10.1. The number of halogens is 1. The molecular formula is C24H33ClN4OS. The van der Waals surface area contributed by atoms with Gasteiger partial charge in [0.05, 0.1) is 11.3 Å². The molecule has 1 atom stereocenters. The highest BCUT2D eigenvalue weighted by molar-refractivity contribution is 7.99. The fourth-order valence-corrected chi connectivity index (χ4v) is 5.58. The summed E-state index contributed by atoms with van der Waals surface area (Å²) in [4.78, 5) is 22.5. The molecule has 7 heteroatoms. The van der Waals surface area contributed by atoms with E-state index in [1.807, 2.05) is 48.7 Å². The maximum absolute atomic E-state index is 13.8. The lowest BCUT2D eigenvalue weighted by Crippen LogP contribution is -2.46. The fourth-order valence-electron chi connectivity index (χ4n) is 4.14.